The van der Waals surface area contributed by atoms with Gasteiger partial charge in [0.15, 0.2) is 0 Å². The maximum Gasteiger partial charge on any atom is 0 e. The molecule has 0 nitrogen and oxygen atoms in total. The van der Waals surface area contributed by atoms with Crippen LogP contribution < -0.4 is 0 Å². The quantitative estimate of drug-likeness (QED) is 0.328. The van der Waals surface area contributed by atoms with Crippen LogP contribution in [-0.2, 0) is 1370 Å². The van der Waals surface area contributed by atoms with Gasteiger partial charge in [0, 0.05) is 1370 Å². The summed E-state index contributed by atoms with van der Waals surface area (Å²) in [5, 5.41) is 0. The van der Waals surface area contributed by atoms with Gasteiger partial charge < -0.3 is 7.43 Å². The first-order valence-electron chi connectivity index (χ1n) is 3.30. The molecule has 42 radical (unpaired) electrons. The maximum absolute atomic E-state index is 2.36. The van der Waals surface area contributed by atoms with E-state index in [0.29, 0.717) is 0 Å². The molecule has 0 unspecified atom stereocenters. The monoisotopic (exact) mass is 3850 g/mol. The Labute approximate surface area is 1370 Å². The largest absolute Gasteiger partial charge is 0.358 e. The summed E-state index contributed by atoms with van der Waals surface area (Å²) < 4.78 is 0. The summed E-state index contributed by atoms with van der Waals surface area (Å²) in [7, 11) is 0. The van der Waals surface area contributed by atoms with E-state index in [4.69, 9.17) is 0 Å². The van der Waals surface area contributed by atoms with Crippen molar-refractivity contribution >= 4 is 0 Å². The van der Waals surface area contributed by atoms with Crippen molar-refractivity contribution in [3.05, 3.63) is 7.43 Å². The van der Waals surface area contributed by atoms with E-state index in [1.54, 1.807) is 0 Å². The molecule has 0 spiro atoms. The Morgan fingerprint density at radius 2 is 0.240 bits per heavy atom. The average Bonchev–Trinajstić information content (AvgIpc) is 1.91. The van der Waals surface area contributed by atoms with Crippen molar-refractivity contribution in [2.24, 2.45) is 11.8 Å². The average molecular weight is 3850 g/mol. The molecule has 0 N–H and O–H groups in total. The Kier molecular flexibility index (Phi) is 1710. The first-order valence-corrected chi connectivity index (χ1v) is 3.30. The van der Waals surface area contributed by atoms with Crippen LogP contribution in [0.2, 0.25) is 0 Å². The van der Waals surface area contributed by atoms with Crippen LogP contribution in [0.25, 0.3) is 0 Å². The van der Waals surface area contributed by atoms with E-state index in [9.17, 15) is 0 Å². The van der Waals surface area contributed by atoms with E-state index in [1.807, 2.05) is 0 Å². The molecule has 0 aliphatic heterocycles. The van der Waals surface area contributed by atoms with Gasteiger partial charge in [-0.05, 0) is 11.8 Å². The fraction of sp³-hybridized carbons (Fsp3) is 0.875. The molecule has 1 saturated carbocycles. The van der Waals surface area contributed by atoms with E-state index in [-0.39, 0.29) is 1380 Å². The van der Waals surface area contributed by atoms with Crippen LogP contribution in [0.1, 0.15) is 33.1 Å². The molecule has 1 aliphatic carbocycles. The van der Waals surface area contributed by atoms with Crippen LogP contribution in [0.3, 0.4) is 0 Å². The molecule has 176 valence electrons. The van der Waals surface area contributed by atoms with Crippen molar-refractivity contribution in [3.8, 4) is 0 Å². The fourth-order valence-electron chi connectivity index (χ4n) is 1.33. The molecule has 0 saturated heterocycles. The minimum Gasteiger partial charge on any atom is -0.358 e. The Bertz CT molecular complexity index is 80.8. The predicted molar refractivity (Wildman–Crippen MR) is 38.6 cm³/mol. The van der Waals surface area contributed by atoms with E-state index in [0.717, 1.165) is 11.8 Å². The molecule has 0 amide bonds. The van der Waals surface area contributed by atoms with E-state index >= 15 is 0 Å². The van der Waals surface area contributed by atoms with Crippen molar-refractivity contribution in [2.45, 2.75) is 33.1 Å². The minimum absolute atomic E-state index is 0. The zero-order valence-corrected chi connectivity index (χ0v) is 150. The molecule has 1 aliphatic rings. The Hall–Kier alpha value is 46.4. The molecular weight excluding hydrogens is 3830 g/mol. The van der Waals surface area contributed by atoms with Gasteiger partial charge in [-0.3, -0.25) is 0 Å². The molecular formula is C8H17Y42-. The van der Waals surface area contributed by atoms with Crippen molar-refractivity contribution in [3.63, 3.8) is 0 Å². The molecule has 0 aromatic heterocycles. The van der Waals surface area contributed by atoms with E-state index in [2.05, 4.69) is 13.8 Å². The van der Waals surface area contributed by atoms with Crippen molar-refractivity contribution in [2.75, 3.05) is 0 Å². The van der Waals surface area contributed by atoms with Crippen LogP contribution in [0.5, 0.6) is 0 Å². The van der Waals surface area contributed by atoms with Crippen LogP contribution >= 0.6 is 0 Å². The molecule has 2 atom stereocenters. The molecule has 42 heteroatoms. The molecule has 0 aromatic carbocycles. The van der Waals surface area contributed by atoms with Crippen molar-refractivity contribution in [1.29, 1.82) is 0 Å². The topological polar surface area (TPSA) is 0 Å². The van der Waals surface area contributed by atoms with E-state index < -0.39 is 0 Å². The second kappa shape index (κ2) is 277. The summed E-state index contributed by atoms with van der Waals surface area (Å²) in [5.74, 6) is 2.03. The van der Waals surface area contributed by atoms with Gasteiger partial charge in [0.1, 0.15) is 0 Å². The molecule has 0 aromatic rings. The zero-order chi connectivity index (χ0) is 5.28. The Morgan fingerprint density at radius 1 is 0.180 bits per heavy atom. The third-order valence-electron chi connectivity index (χ3n) is 2.29. The van der Waals surface area contributed by atoms with Gasteiger partial charge in [0.25, 0.3) is 0 Å². The predicted octanol–water partition coefficient (Wildman–Crippen LogP) is 2.79. The summed E-state index contributed by atoms with van der Waals surface area (Å²) in [6.45, 7) is 4.72. The van der Waals surface area contributed by atoms with Crippen LogP contribution in [0, 0.1) is 19.3 Å². The maximum atomic E-state index is 2.36. The van der Waals surface area contributed by atoms with Gasteiger partial charge in [0.2, 0.25) is 0 Å². The first kappa shape index (κ1) is 308. The summed E-state index contributed by atoms with van der Waals surface area (Å²) in [5.41, 5.74) is 0. The second-order valence-corrected chi connectivity index (χ2v) is 2.89. The SMILES string of the molecule is C[C@@H]1CCC[C@@H]1C.[CH3-].[Y].[Y].[Y].[Y].[Y].[Y].[Y].[Y].[Y].[Y].[Y].[Y].[Y].[Y].[Y].[Y].[Y].[Y].[Y].[Y].[Y].[Y].[Y].[Y].[Y].[Y].[Y].[Y].[Y].[Y].[Y].[Y].[Y].[Y].[Y].[Y].[Y].[Y].[Y].[Y].[Y].[Y]. The van der Waals surface area contributed by atoms with Gasteiger partial charge in [-0.15, -0.1) is 0 Å². The third-order valence-corrected chi connectivity index (χ3v) is 2.29. The zero-order valence-electron chi connectivity index (χ0n) is 30.5. The van der Waals surface area contributed by atoms with Crippen LogP contribution in [-0.4, -0.2) is 0 Å². The van der Waals surface area contributed by atoms with Crippen LogP contribution in [0.15, 0.2) is 0 Å². The summed E-state index contributed by atoms with van der Waals surface area (Å²) in [4.78, 5) is 0. The minimum atomic E-state index is 0. The Morgan fingerprint density at radius 3 is 0.260 bits per heavy atom. The molecule has 1 rings (SSSR count). The van der Waals surface area contributed by atoms with Crippen LogP contribution in [0.4, 0.5) is 0 Å². The van der Waals surface area contributed by atoms with Crippen molar-refractivity contribution < 1.29 is 1370 Å². The number of hydrogen-bond acceptors (Lipinski definition) is 0. The summed E-state index contributed by atoms with van der Waals surface area (Å²) in [6, 6.07) is 0. The van der Waals surface area contributed by atoms with Gasteiger partial charge >= 0.3 is 0 Å². The smallest absolute Gasteiger partial charge is 0 e. The summed E-state index contributed by atoms with van der Waals surface area (Å²) in [6.07, 6.45) is 4.42. The third kappa shape index (κ3) is 259. The van der Waals surface area contributed by atoms with Gasteiger partial charge in [0.05, 0.1) is 0 Å². The Balaban J connectivity index is -0.000000000278. The molecule has 1 fully saturated rings. The second-order valence-electron chi connectivity index (χ2n) is 2.89. The molecule has 50 heavy (non-hydrogen) atoms. The fourth-order valence-corrected chi connectivity index (χ4v) is 1.33. The number of hydrogen-bond donors (Lipinski definition) is 0. The van der Waals surface area contributed by atoms with Crippen molar-refractivity contribution in [1.82, 2.24) is 0 Å². The van der Waals surface area contributed by atoms with Gasteiger partial charge in [-0.25, -0.2) is 0 Å². The summed E-state index contributed by atoms with van der Waals surface area (Å²) >= 11 is 0. The number of rotatable bonds is 0. The van der Waals surface area contributed by atoms with Gasteiger partial charge in [-0.2, -0.15) is 0 Å². The first-order chi connectivity index (χ1) is 3.30. The normalized spacial score (nSPS) is 5.88. The van der Waals surface area contributed by atoms with Gasteiger partial charge in [-0.1, -0.05) is 33.1 Å². The standard InChI is InChI=1S/C7H14.CH3.42Y/c1-6-4-3-5-7(6)2;;;;;;;;;;;;;;;;;;;;;;;;;;;;;;;;;;;;;;;;;;;/h6-7H,3-5H2,1-2H3;1H3;;;;;;;;;;;;;;;;;;;;;;;;;;;;;;;;;;;;;;;;;;/q;-1;;;;;;;;;;;;;;;;;;;;;;;;;;;;;;;;;;;;;;;;;;/t6-,7+;;;;;;;;;;;;;;;;;;;;;;;;;;;;;;;;;;;;;;;;;;;. The molecule has 0 heterocycles. The molecule has 0 bridgehead atoms. The van der Waals surface area contributed by atoms with E-state index in [1.165, 1.54) is 19.3 Å².